The van der Waals surface area contributed by atoms with E-state index in [0.717, 1.165) is 4.31 Å². The summed E-state index contributed by atoms with van der Waals surface area (Å²) in [6.07, 6.45) is 1.37. The van der Waals surface area contributed by atoms with Gasteiger partial charge in [0.05, 0.1) is 17.7 Å². The van der Waals surface area contributed by atoms with E-state index < -0.39 is 28.4 Å². The lowest BCUT2D eigenvalue weighted by molar-refractivity contribution is -0.121. The van der Waals surface area contributed by atoms with Crippen molar-refractivity contribution < 1.29 is 27.5 Å². The average Bonchev–Trinajstić information content (AvgIpc) is 2.73. The molecule has 2 aromatic rings. The Labute approximate surface area is 185 Å². The molecule has 0 spiro atoms. The summed E-state index contributed by atoms with van der Waals surface area (Å²) in [6.45, 7) is 0.655. The second-order valence-corrected chi connectivity index (χ2v) is 8.63. The first kappa shape index (κ1) is 24.5. The van der Waals surface area contributed by atoms with Crippen LogP contribution in [0, 0.1) is 0 Å². The Morgan fingerprint density at radius 1 is 1.09 bits per heavy atom. The number of carbonyl (C=O) groups is 3. The van der Waals surface area contributed by atoms with Crippen LogP contribution in [-0.2, 0) is 24.4 Å². The molecule has 0 aliphatic rings. The monoisotopic (exact) mass is 461 g/mol. The number of rotatable bonds is 10. The van der Waals surface area contributed by atoms with Crippen LogP contribution in [0.15, 0.2) is 58.5 Å². The van der Waals surface area contributed by atoms with Gasteiger partial charge < -0.3 is 15.8 Å². The fraction of sp³-hybridized carbons (Fsp3) is 0.200. The van der Waals surface area contributed by atoms with Gasteiger partial charge in [0.2, 0.25) is 15.9 Å². The van der Waals surface area contributed by atoms with Crippen LogP contribution in [0.5, 0.6) is 5.75 Å². The van der Waals surface area contributed by atoms with Crippen molar-refractivity contribution >= 4 is 39.6 Å². The van der Waals surface area contributed by atoms with E-state index in [-0.39, 0.29) is 17.4 Å². The molecule has 170 valence electrons. The quantitative estimate of drug-likeness (QED) is 0.340. The minimum atomic E-state index is -3.91. The molecule has 0 unspecified atom stereocenters. The highest BCUT2D eigenvalue weighted by Gasteiger charge is 2.22. The fourth-order valence-electron chi connectivity index (χ4n) is 2.40. The second-order valence-electron chi connectivity index (χ2n) is 6.58. The highest BCUT2D eigenvalue weighted by atomic mass is 32.2. The molecule has 2 rings (SSSR count). The third-order valence-electron chi connectivity index (χ3n) is 3.91. The molecule has 0 atom stereocenters. The Morgan fingerprint density at radius 3 is 2.28 bits per heavy atom. The van der Waals surface area contributed by atoms with Gasteiger partial charge in [-0.05, 0) is 54.1 Å². The molecule has 0 heterocycles. The van der Waals surface area contributed by atoms with Crippen molar-refractivity contribution in [2.45, 2.75) is 11.8 Å². The maximum absolute atomic E-state index is 12.6. The van der Waals surface area contributed by atoms with Gasteiger partial charge >= 0.3 is 0 Å². The molecule has 3 amide bonds. The number of hydrazone groups is 1. The molecule has 0 aliphatic heterocycles. The highest BCUT2D eigenvalue weighted by Crippen LogP contribution is 2.17. The normalized spacial score (nSPS) is 11.3. The predicted molar refractivity (Wildman–Crippen MR) is 117 cm³/mol. The Bertz CT molecular complexity index is 1100. The van der Waals surface area contributed by atoms with Crippen LogP contribution in [0.25, 0.3) is 0 Å². The van der Waals surface area contributed by atoms with E-state index in [9.17, 15) is 22.8 Å². The SMILES string of the molecule is CC(=O)Nc1ccc(S(=O)(=O)N(C)CC(=O)NN=Cc2ccc(OCC(N)=O)cc2)cc1. The fourth-order valence-corrected chi connectivity index (χ4v) is 3.53. The zero-order chi connectivity index (χ0) is 23.7. The van der Waals surface area contributed by atoms with Gasteiger partial charge in [-0.2, -0.15) is 9.41 Å². The number of nitrogens with two attached hydrogens (primary N) is 1. The summed E-state index contributed by atoms with van der Waals surface area (Å²) in [4.78, 5) is 33.8. The molecule has 0 radical (unpaired) electrons. The van der Waals surface area contributed by atoms with Crippen molar-refractivity contribution in [3.8, 4) is 5.75 Å². The van der Waals surface area contributed by atoms with E-state index >= 15 is 0 Å². The van der Waals surface area contributed by atoms with Crippen LogP contribution in [0.2, 0.25) is 0 Å². The van der Waals surface area contributed by atoms with Gasteiger partial charge in [0.25, 0.3) is 11.8 Å². The molecule has 0 bridgehead atoms. The standard InChI is InChI=1S/C20H23N5O6S/c1-14(26)23-16-5-9-18(10-6-16)32(29,30)25(2)12-20(28)24-22-11-15-3-7-17(8-4-15)31-13-19(21)27/h3-11H,12-13H2,1-2H3,(H2,21,27)(H,23,26)(H,24,28). The van der Waals surface area contributed by atoms with Crippen molar-refractivity contribution in [3.05, 3.63) is 54.1 Å². The summed E-state index contributed by atoms with van der Waals surface area (Å²) in [6, 6.07) is 12.1. The molecule has 0 saturated heterocycles. The summed E-state index contributed by atoms with van der Waals surface area (Å²) < 4.78 is 31.2. The maximum atomic E-state index is 12.6. The van der Waals surface area contributed by atoms with Crippen molar-refractivity contribution in [2.24, 2.45) is 10.8 Å². The number of likely N-dealkylation sites (N-methyl/N-ethyl adjacent to an activating group) is 1. The van der Waals surface area contributed by atoms with Crippen LogP contribution in [0.1, 0.15) is 12.5 Å². The maximum Gasteiger partial charge on any atom is 0.255 e. The summed E-state index contributed by atoms with van der Waals surface area (Å²) in [5.74, 6) is -1.06. The van der Waals surface area contributed by atoms with Crippen molar-refractivity contribution in [1.29, 1.82) is 0 Å². The first-order valence-corrected chi connectivity index (χ1v) is 10.7. The summed E-state index contributed by atoms with van der Waals surface area (Å²) in [5.41, 5.74) is 8.35. The number of anilines is 1. The van der Waals surface area contributed by atoms with Crippen molar-refractivity contribution in [3.63, 3.8) is 0 Å². The lowest BCUT2D eigenvalue weighted by Crippen LogP contribution is -2.36. The molecule has 12 heteroatoms. The van der Waals surface area contributed by atoms with Crippen LogP contribution >= 0.6 is 0 Å². The van der Waals surface area contributed by atoms with Crippen LogP contribution in [0.3, 0.4) is 0 Å². The number of ether oxygens (including phenoxy) is 1. The van der Waals surface area contributed by atoms with E-state index in [1.165, 1.54) is 44.5 Å². The number of amides is 3. The number of hydrogen-bond acceptors (Lipinski definition) is 7. The van der Waals surface area contributed by atoms with Crippen molar-refractivity contribution in [1.82, 2.24) is 9.73 Å². The van der Waals surface area contributed by atoms with E-state index in [1.54, 1.807) is 24.3 Å². The Kier molecular flexibility index (Phi) is 8.44. The minimum Gasteiger partial charge on any atom is -0.484 e. The van der Waals surface area contributed by atoms with E-state index in [4.69, 9.17) is 10.5 Å². The van der Waals surface area contributed by atoms with E-state index in [0.29, 0.717) is 17.0 Å². The number of nitrogens with zero attached hydrogens (tertiary/aromatic N) is 2. The van der Waals surface area contributed by atoms with E-state index in [1.807, 2.05) is 0 Å². The summed E-state index contributed by atoms with van der Waals surface area (Å²) in [7, 11) is -2.64. The molecule has 0 aromatic heterocycles. The molecule has 2 aromatic carbocycles. The lowest BCUT2D eigenvalue weighted by atomic mass is 10.2. The molecule has 32 heavy (non-hydrogen) atoms. The third kappa shape index (κ3) is 7.49. The largest absolute Gasteiger partial charge is 0.484 e. The zero-order valence-corrected chi connectivity index (χ0v) is 18.3. The number of hydrogen-bond donors (Lipinski definition) is 3. The van der Waals surface area contributed by atoms with Gasteiger partial charge in [-0.15, -0.1) is 0 Å². The zero-order valence-electron chi connectivity index (χ0n) is 17.4. The first-order chi connectivity index (χ1) is 15.1. The number of sulfonamides is 1. The molecular formula is C20H23N5O6S. The molecule has 0 aliphatic carbocycles. The van der Waals surface area contributed by atoms with E-state index in [2.05, 4.69) is 15.8 Å². The van der Waals surface area contributed by atoms with Gasteiger partial charge in [0.1, 0.15) is 5.75 Å². The number of carbonyl (C=O) groups excluding carboxylic acids is 3. The van der Waals surface area contributed by atoms with Crippen LogP contribution in [0.4, 0.5) is 5.69 Å². The van der Waals surface area contributed by atoms with Gasteiger partial charge in [0.15, 0.2) is 6.61 Å². The molecule has 11 nitrogen and oxygen atoms in total. The number of primary amides is 1. The molecule has 0 saturated carbocycles. The number of nitrogens with one attached hydrogen (secondary N) is 2. The van der Waals surface area contributed by atoms with Gasteiger partial charge in [-0.25, -0.2) is 13.8 Å². The average molecular weight is 462 g/mol. The van der Waals surface area contributed by atoms with Crippen LogP contribution in [-0.4, -0.2) is 56.9 Å². The van der Waals surface area contributed by atoms with Gasteiger partial charge in [-0.3, -0.25) is 14.4 Å². The predicted octanol–water partition coefficient (Wildman–Crippen LogP) is 0.280. The van der Waals surface area contributed by atoms with Gasteiger partial charge in [-0.1, -0.05) is 0 Å². The van der Waals surface area contributed by atoms with Crippen LogP contribution < -0.4 is 21.2 Å². The molecular weight excluding hydrogens is 438 g/mol. The Hall–Kier alpha value is -3.77. The Morgan fingerprint density at radius 2 is 1.72 bits per heavy atom. The highest BCUT2D eigenvalue weighted by molar-refractivity contribution is 7.89. The smallest absolute Gasteiger partial charge is 0.255 e. The molecule has 4 N–H and O–H groups in total. The lowest BCUT2D eigenvalue weighted by Gasteiger charge is -2.16. The second kappa shape index (κ2) is 11.0. The Balaban J connectivity index is 1.90. The number of benzene rings is 2. The summed E-state index contributed by atoms with van der Waals surface area (Å²) in [5, 5.41) is 6.33. The third-order valence-corrected chi connectivity index (χ3v) is 5.73. The van der Waals surface area contributed by atoms with Gasteiger partial charge in [0, 0.05) is 19.7 Å². The molecule has 0 fully saturated rings. The first-order valence-electron chi connectivity index (χ1n) is 9.25. The van der Waals surface area contributed by atoms with Crippen molar-refractivity contribution in [2.75, 3.05) is 25.5 Å². The summed E-state index contributed by atoms with van der Waals surface area (Å²) >= 11 is 0. The topological polar surface area (TPSA) is 160 Å². The minimum absolute atomic E-state index is 0.0240.